The highest BCUT2D eigenvalue weighted by Gasteiger charge is 2.05. The molecule has 1 nitrogen and oxygen atoms in total. The molecule has 0 aliphatic rings. The normalized spacial score (nSPS) is 10.7. The fourth-order valence-corrected chi connectivity index (χ4v) is 2.53. The highest BCUT2D eigenvalue weighted by Crippen LogP contribution is 2.30. The first kappa shape index (κ1) is 13.4. The van der Waals surface area contributed by atoms with Gasteiger partial charge in [-0.2, -0.15) is 0 Å². The number of halogens is 2. The van der Waals surface area contributed by atoms with Crippen molar-refractivity contribution < 1.29 is 0 Å². The number of aryl methyl sites for hydroxylation is 1. The Morgan fingerprint density at radius 2 is 1.67 bits per heavy atom. The zero-order chi connectivity index (χ0) is 13.1. The number of rotatable bonds is 3. The fourth-order valence-electron chi connectivity index (χ4n) is 2.00. The maximum atomic E-state index is 6.06. The van der Waals surface area contributed by atoms with Crippen molar-refractivity contribution in [2.45, 2.75) is 13.5 Å². The van der Waals surface area contributed by atoms with Gasteiger partial charge in [-0.3, -0.25) is 0 Å². The predicted octanol–water partition coefficient (Wildman–Crippen LogP) is 4.69. The van der Waals surface area contributed by atoms with Crippen LogP contribution in [-0.2, 0) is 6.54 Å². The van der Waals surface area contributed by atoms with Crippen LogP contribution >= 0.6 is 23.2 Å². The van der Waals surface area contributed by atoms with Crippen LogP contribution in [0.2, 0.25) is 10.0 Å². The summed E-state index contributed by atoms with van der Waals surface area (Å²) in [5.41, 5.74) is 4.69. The maximum absolute atomic E-state index is 6.06. The Hall–Kier alpha value is -1.02. The molecule has 2 aromatic carbocycles. The molecular formula is C15H15Cl2N. The van der Waals surface area contributed by atoms with Gasteiger partial charge < -0.3 is 5.32 Å². The van der Waals surface area contributed by atoms with Crippen molar-refractivity contribution in [3.05, 3.63) is 57.6 Å². The first-order chi connectivity index (χ1) is 8.60. The predicted molar refractivity (Wildman–Crippen MR) is 79.4 cm³/mol. The van der Waals surface area contributed by atoms with E-state index in [0.29, 0.717) is 10.0 Å². The molecule has 0 aliphatic heterocycles. The lowest BCUT2D eigenvalue weighted by molar-refractivity contribution is 0.818. The zero-order valence-corrected chi connectivity index (χ0v) is 11.9. The lowest BCUT2D eigenvalue weighted by Crippen LogP contribution is -2.05. The van der Waals surface area contributed by atoms with Gasteiger partial charge in [-0.25, -0.2) is 0 Å². The van der Waals surface area contributed by atoms with Crippen LogP contribution in [0.3, 0.4) is 0 Å². The SMILES string of the molecule is CNCc1ccc(C)c(-c2cc(Cl)cc(Cl)c2)c1. The van der Waals surface area contributed by atoms with Crippen molar-refractivity contribution in [2.24, 2.45) is 0 Å². The van der Waals surface area contributed by atoms with Crippen LogP contribution in [0, 0.1) is 6.92 Å². The van der Waals surface area contributed by atoms with Crippen LogP contribution in [0.4, 0.5) is 0 Å². The summed E-state index contributed by atoms with van der Waals surface area (Å²) in [4.78, 5) is 0. The minimum Gasteiger partial charge on any atom is -0.316 e. The van der Waals surface area contributed by atoms with E-state index in [-0.39, 0.29) is 0 Å². The molecule has 2 aromatic rings. The molecule has 0 saturated carbocycles. The van der Waals surface area contributed by atoms with Crippen molar-refractivity contribution in [1.82, 2.24) is 5.32 Å². The van der Waals surface area contributed by atoms with E-state index >= 15 is 0 Å². The van der Waals surface area contributed by atoms with Crippen LogP contribution < -0.4 is 5.32 Å². The molecule has 0 radical (unpaired) electrons. The Balaban J connectivity index is 2.51. The van der Waals surface area contributed by atoms with Gasteiger partial charge in [0.15, 0.2) is 0 Å². The molecule has 0 amide bonds. The molecule has 0 atom stereocenters. The van der Waals surface area contributed by atoms with Crippen LogP contribution in [0.25, 0.3) is 11.1 Å². The third-order valence-corrected chi connectivity index (χ3v) is 3.29. The van der Waals surface area contributed by atoms with Crippen molar-refractivity contribution in [1.29, 1.82) is 0 Å². The Morgan fingerprint density at radius 3 is 2.28 bits per heavy atom. The average Bonchev–Trinajstić information content (AvgIpc) is 2.30. The van der Waals surface area contributed by atoms with Gasteiger partial charge in [-0.15, -0.1) is 0 Å². The molecule has 0 aliphatic carbocycles. The topological polar surface area (TPSA) is 12.0 Å². The summed E-state index contributed by atoms with van der Waals surface area (Å²) in [6.07, 6.45) is 0. The first-order valence-corrected chi connectivity index (χ1v) is 6.56. The summed E-state index contributed by atoms with van der Waals surface area (Å²) in [6.45, 7) is 2.94. The number of benzene rings is 2. The molecule has 0 heterocycles. The third-order valence-electron chi connectivity index (χ3n) is 2.86. The number of hydrogen-bond donors (Lipinski definition) is 1. The fraction of sp³-hybridized carbons (Fsp3) is 0.200. The lowest BCUT2D eigenvalue weighted by Gasteiger charge is -2.10. The van der Waals surface area contributed by atoms with E-state index in [9.17, 15) is 0 Å². The van der Waals surface area contributed by atoms with Gasteiger partial charge >= 0.3 is 0 Å². The van der Waals surface area contributed by atoms with Crippen molar-refractivity contribution in [3.63, 3.8) is 0 Å². The third kappa shape index (κ3) is 3.05. The highest BCUT2D eigenvalue weighted by atomic mass is 35.5. The van der Waals surface area contributed by atoms with Gasteiger partial charge in [0.2, 0.25) is 0 Å². The highest BCUT2D eigenvalue weighted by molar-refractivity contribution is 6.35. The molecule has 0 aromatic heterocycles. The molecule has 0 fully saturated rings. The largest absolute Gasteiger partial charge is 0.316 e. The second-order valence-corrected chi connectivity index (χ2v) is 5.21. The summed E-state index contributed by atoms with van der Waals surface area (Å²) >= 11 is 12.1. The molecule has 0 unspecified atom stereocenters. The van der Waals surface area contributed by atoms with E-state index in [0.717, 1.165) is 12.1 Å². The Bertz CT molecular complexity index is 544. The Morgan fingerprint density at radius 1 is 1.00 bits per heavy atom. The molecule has 94 valence electrons. The van der Waals surface area contributed by atoms with E-state index in [2.05, 4.69) is 30.4 Å². The van der Waals surface area contributed by atoms with Crippen LogP contribution in [-0.4, -0.2) is 7.05 Å². The molecule has 3 heteroatoms. The molecule has 1 N–H and O–H groups in total. The molecule has 0 bridgehead atoms. The number of nitrogens with one attached hydrogen (secondary N) is 1. The number of hydrogen-bond acceptors (Lipinski definition) is 1. The molecule has 0 saturated heterocycles. The molecular weight excluding hydrogens is 265 g/mol. The summed E-state index contributed by atoms with van der Waals surface area (Å²) < 4.78 is 0. The van der Waals surface area contributed by atoms with Gasteiger partial charge in [0, 0.05) is 16.6 Å². The minimum atomic E-state index is 0.663. The van der Waals surface area contributed by atoms with Gasteiger partial charge in [-0.1, -0.05) is 35.3 Å². The first-order valence-electron chi connectivity index (χ1n) is 5.81. The van der Waals surface area contributed by atoms with Gasteiger partial charge in [-0.05, 0) is 60.5 Å². The smallest absolute Gasteiger partial charge is 0.0426 e. The Labute approximate surface area is 118 Å². The van der Waals surface area contributed by atoms with Crippen LogP contribution in [0.15, 0.2) is 36.4 Å². The monoisotopic (exact) mass is 279 g/mol. The second kappa shape index (κ2) is 5.75. The average molecular weight is 280 g/mol. The van der Waals surface area contributed by atoms with Crippen LogP contribution in [0.1, 0.15) is 11.1 Å². The standard InChI is InChI=1S/C15H15Cl2N/c1-10-3-4-11(9-18-2)5-15(10)12-6-13(16)8-14(17)7-12/h3-8,18H,9H2,1-2H3. The van der Waals surface area contributed by atoms with E-state index in [1.165, 1.54) is 16.7 Å². The van der Waals surface area contributed by atoms with Gasteiger partial charge in [0.05, 0.1) is 0 Å². The maximum Gasteiger partial charge on any atom is 0.0426 e. The van der Waals surface area contributed by atoms with E-state index in [1.807, 2.05) is 19.2 Å². The van der Waals surface area contributed by atoms with Crippen molar-refractivity contribution >= 4 is 23.2 Å². The van der Waals surface area contributed by atoms with E-state index in [1.54, 1.807) is 6.07 Å². The van der Waals surface area contributed by atoms with Crippen molar-refractivity contribution in [2.75, 3.05) is 7.05 Å². The summed E-state index contributed by atoms with van der Waals surface area (Å²) in [5, 5.41) is 4.48. The molecule has 18 heavy (non-hydrogen) atoms. The van der Waals surface area contributed by atoms with Gasteiger partial charge in [0.25, 0.3) is 0 Å². The Kier molecular flexibility index (Phi) is 4.28. The molecule has 2 rings (SSSR count). The zero-order valence-electron chi connectivity index (χ0n) is 10.4. The van der Waals surface area contributed by atoms with Crippen molar-refractivity contribution in [3.8, 4) is 11.1 Å². The molecule has 0 spiro atoms. The second-order valence-electron chi connectivity index (χ2n) is 4.34. The minimum absolute atomic E-state index is 0.663. The summed E-state index contributed by atoms with van der Waals surface area (Å²) in [5.74, 6) is 0. The quantitative estimate of drug-likeness (QED) is 0.860. The van der Waals surface area contributed by atoms with E-state index < -0.39 is 0 Å². The summed E-state index contributed by atoms with van der Waals surface area (Å²) in [7, 11) is 1.94. The van der Waals surface area contributed by atoms with Crippen LogP contribution in [0.5, 0.6) is 0 Å². The van der Waals surface area contributed by atoms with Gasteiger partial charge in [0.1, 0.15) is 0 Å². The van der Waals surface area contributed by atoms with E-state index in [4.69, 9.17) is 23.2 Å². The lowest BCUT2D eigenvalue weighted by atomic mass is 9.98. The summed E-state index contributed by atoms with van der Waals surface area (Å²) in [6, 6.07) is 12.1.